The molecule has 4 aliphatic rings. The Bertz CT molecular complexity index is 1660. The van der Waals surface area contributed by atoms with E-state index < -0.39 is 17.7 Å². The number of nitrogens with zero attached hydrogens (tertiary/aromatic N) is 1. The Morgan fingerprint density at radius 3 is 2.13 bits per heavy atom. The number of hydrogen-bond acceptors (Lipinski definition) is 6. The zero-order valence-corrected chi connectivity index (χ0v) is 34.3. The molecule has 10 atom stereocenters. The zero-order valence-electron chi connectivity index (χ0n) is 34.3. The standard InChI is InChI=1S/C46H65N3O6/c1-30(37-20-21-38-36-19-18-34-27-35(54-31(2)50)22-24-45(34,6)39(36)23-25-46(37,38)7)49(29-41(51)47-28-33-16-12-9-13-17-33)42(52)40(26-32-14-10-8-11-15-32)48-43(53)55-44(3,4)5/h8-17,30,34-40H,18-29H2,1-7H3,(H,47,51)(H,48,53)/t30-,34+,35+,36+,37-,38+,39+,40+,45+,46-/m1/s1. The quantitative estimate of drug-likeness (QED) is 0.224. The van der Waals surface area contributed by atoms with Gasteiger partial charge >= 0.3 is 12.1 Å². The lowest BCUT2D eigenvalue weighted by molar-refractivity contribution is -0.161. The number of ether oxygens (including phenoxy) is 2. The van der Waals surface area contributed by atoms with Gasteiger partial charge in [0.1, 0.15) is 17.7 Å². The molecule has 0 aromatic heterocycles. The molecular weight excluding hydrogens is 691 g/mol. The van der Waals surface area contributed by atoms with E-state index in [1.807, 2.05) is 60.7 Å². The number of amides is 3. The number of hydrogen-bond donors (Lipinski definition) is 2. The maximum Gasteiger partial charge on any atom is 0.408 e. The van der Waals surface area contributed by atoms with Crippen LogP contribution in [0.25, 0.3) is 0 Å². The Kier molecular flexibility index (Phi) is 12.4. The van der Waals surface area contributed by atoms with Crippen LogP contribution in [0.2, 0.25) is 0 Å². The Morgan fingerprint density at radius 1 is 0.836 bits per heavy atom. The number of carbonyl (C=O) groups excluding carboxylic acids is 4. The van der Waals surface area contributed by atoms with Crippen molar-refractivity contribution in [2.24, 2.45) is 40.4 Å². The number of esters is 1. The molecular formula is C46H65N3O6. The van der Waals surface area contributed by atoms with Gasteiger partial charge in [-0.1, -0.05) is 74.5 Å². The van der Waals surface area contributed by atoms with Gasteiger partial charge in [0.05, 0.1) is 6.54 Å². The molecule has 4 aliphatic carbocycles. The molecule has 0 bridgehead atoms. The van der Waals surface area contributed by atoms with E-state index in [2.05, 4.69) is 31.4 Å². The van der Waals surface area contributed by atoms with Gasteiger partial charge in [-0.15, -0.1) is 0 Å². The van der Waals surface area contributed by atoms with Crippen molar-refractivity contribution in [1.29, 1.82) is 0 Å². The van der Waals surface area contributed by atoms with Crippen molar-refractivity contribution >= 4 is 23.9 Å². The van der Waals surface area contributed by atoms with Gasteiger partial charge in [-0.2, -0.15) is 0 Å². The Morgan fingerprint density at radius 2 is 1.47 bits per heavy atom. The number of carbonyl (C=O) groups is 4. The van der Waals surface area contributed by atoms with Gasteiger partial charge < -0.3 is 25.0 Å². The van der Waals surface area contributed by atoms with E-state index in [4.69, 9.17) is 9.47 Å². The van der Waals surface area contributed by atoms with Gasteiger partial charge in [-0.3, -0.25) is 14.4 Å². The molecule has 0 spiro atoms. The first-order valence-corrected chi connectivity index (χ1v) is 20.9. The van der Waals surface area contributed by atoms with Crippen LogP contribution in [0, 0.1) is 40.4 Å². The predicted octanol–water partition coefficient (Wildman–Crippen LogP) is 8.25. The average molecular weight is 756 g/mol. The fourth-order valence-corrected chi connectivity index (χ4v) is 11.7. The average Bonchev–Trinajstić information content (AvgIpc) is 3.49. The molecule has 4 fully saturated rings. The summed E-state index contributed by atoms with van der Waals surface area (Å²) >= 11 is 0. The predicted molar refractivity (Wildman–Crippen MR) is 214 cm³/mol. The first-order valence-electron chi connectivity index (χ1n) is 20.9. The maximum absolute atomic E-state index is 15.0. The molecule has 2 aromatic carbocycles. The molecule has 3 amide bonds. The van der Waals surface area contributed by atoms with Gasteiger partial charge in [0.15, 0.2) is 0 Å². The van der Waals surface area contributed by atoms with Crippen LogP contribution in [0.4, 0.5) is 4.79 Å². The lowest BCUT2D eigenvalue weighted by Crippen LogP contribution is -2.59. The summed E-state index contributed by atoms with van der Waals surface area (Å²) in [6.07, 6.45) is 9.44. The van der Waals surface area contributed by atoms with Crippen molar-refractivity contribution in [2.75, 3.05) is 6.54 Å². The van der Waals surface area contributed by atoms with Crippen molar-refractivity contribution < 1.29 is 28.7 Å². The molecule has 2 aromatic rings. The number of fused-ring (bicyclic) bond motifs is 5. The summed E-state index contributed by atoms with van der Waals surface area (Å²) in [7, 11) is 0. The normalized spacial score (nSPS) is 31.0. The zero-order chi connectivity index (χ0) is 39.5. The molecule has 6 rings (SSSR count). The summed E-state index contributed by atoms with van der Waals surface area (Å²) < 4.78 is 11.4. The summed E-state index contributed by atoms with van der Waals surface area (Å²) in [5.74, 6) is 1.94. The van der Waals surface area contributed by atoms with Crippen molar-refractivity contribution in [3.05, 3.63) is 71.8 Å². The van der Waals surface area contributed by atoms with Gasteiger partial charge in [0, 0.05) is 25.9 Å². The molecule has 0 unspecified atom stereocenters. The smallest absolute Gasteiger partial charge is 0.408 e. The van der Waals surface area contributed by atoms with E-state index in [0.717, 1.165) is 56.1 Å². The first-order chi connectivity index (χ1) is 26.1. The third kappa shape index (κ3) is 9.23. The van der Waals surface area contributed by atoms with E-state index in [9.17, 15) is 19.2 Å². The van der Waals surface area contributed by atoms with Gasteiger partial charge in [-0.05, 0) is 137 Å². The van der Waals surface area contributed by atoms with Crippen LogP contribution in [0.3, 0.4) is 0 Å². The Hall–Kier alpha value is -3.88. The lowest BCUT2D eigenvalue weighted by atomic mass is 9.44. The third-order valence-corrected chi connectivity index (χ3v) is 14.3. The molecule has 4 saturated carbocycles. The largest absolute Gasteiger partial charge is 0.463 e. The van der Waals surface area contributed by atoms with E-state index in [1.54, 1.807) is 25.7 Å². The molecule has 9 nitrogen and oxygen atoms in total. The van der Waals surface area contributed by atoms with Crippen LogP contribution >= 0.6 is 0 Å². The minimum absolute atomic E-state index is 0.0191. The summed E-state index contributed by atoms with van der Waals surface area (Å²) in [5.41, 5.74) is 1.43. The molecule has 55 heavy (non-hydrogen) atoms. The van der Waals surface area contributed by atoms with Crippen molar-refractivity contribution in [1.82, 2.24) is 15.5 Å². The molecule has 0 heterocycles. The third-order valence-electron chi connectivity index (χ3n) is 14.3. The van der Waals surface area contributed by atoms with Crippen molar-refractivity contribution in [2.45, 2.75) is 143 Å². The Balaban J connectivity index is 1.24. The fourth-order valence-electron chi connectivity index (χ4n) is 11.7. The highest BCUT2D eigenvalue weighted by Gasteiger charge is 2.61. The minimum Gasteiger partial charge on any atom is -0.463 e. The molecule has 0 radical (unpaired) electrons. The summed E-state index contributed by atoms with van der Waals surface area (Å²) in [6.45, 7) is 14.3. The summed E-state index contributed by atoms with van der Waals surface area (Å²) in [5, 5.41) is 5.98. The highest BCUT2D eigenvalue weighted by Crippen LogP contribution is 2.68. The van der Waals surface area contributed by atoms with E-state index >= 15 is 0 Å². The second-order valence-corrected chi connectivity index (χ2v) is 18.7. The molecule has 0 saturated heterocycles. The lowest BCUT2D eigenvalue weighted by Gasteiger charge is -2.61. The van der Waals surface area contributed by atoms with E-state index in [-0.39, 0.29) is 59.6 Å². The van der Waals surface area contributed by atoms with E-state index in [1.165, 1.54) is 19.8 Å². The Labute approximate surface area is 329 Å². The SMILES string of the molecule is CC(=O)O[C@H]1CC[C@@]2(C)[C@@H](CC[C@@H]3[C@@H]2CC[C@]2(C)[C@@H]([C@@H](C)N(CC(=O)NCc4ccccc4)C(=O)[C@H](Cc4ccccc4)NC(=O)OC(C)(C)C)CC[C@@H]32)C1. The second kappa shape index (κ2) is 16.7. The van der Waals surface area contributed by atoms with Crippen LogP contribution in [0.1, 0.15) is 117 Å². The molecule has 300 valence electrons. The van der Waals surface area contributed by atoms with Gasteiger partial charge in [-0.25, -0.2) is 4.79 Å². The van der Waals surface area contributed by atoms with Crippen LogP contribution in [0.15, 0.2) is 60.7 Å². The fraction of sp³-hybridized carbons (Fsp3) is 0.652. The van der Waals surface area contributed by atoms with Crippen LogP contribution in [0.5, 0.6) is 0 Å². The second-order valence-electron chi connectivity index (χ2n) is 18.7. The van der Waals surface area contributed by atoms with Crippen molar-refractivity contribution in [3.63, 3.8) is 0 Å². The van der Waals surface area contributed by atoms with Gasteiger partial charge in [0.25, 0.3) is 0 Å². The maximum atomic E-state index is 15.0. The first kappa shape index (κ1) is 40.8. The van der Waals surface area contributed by atoms with Gasteiger partial charge in [0.2, 0.25) is 11.8 Å². The summed E-state index contributed by atoms with van der Waals surface area (Å²) in [6, 6.07) is 18.3. The number of nitrogens with one attached hydrogen (secondary N) is 2. The molecule has 9 heteroatoms. The van der Waals surface area contributed by atoms with Crippen LogP contribution < -0.4 is 10.6 Å². The topological polar surface area (TPSA) is 114 Å². The van der Waals surface area contributed by atoms with Crippen molar-refractivity contribution in [3.8, 4) is 0 Å². The highest BCUT2D eigenvalue weighted by molar-refractivity contribution is 5.90. The minimum atomic E-state index is -0.917. The monoisotopic (exact) mass is 755 g/mol. The molecule has 0 aliphatic heterocycles. The van der Waals surface area contributed by atoms with E-state index in [0.29, 0.717) is 30.2 Å². The highest BCUT2D eigenvalue weighted by atomic mass is 16.6. The van der Waals surface area contributed by atoms with Crippen LogP contribution in [-0.4, -0.2) is 59.1 Å². The molecule has 2 N–H and O–H groups in total. The summed E-state index contributed by atoms with van der Waals surface area (Å²) in [4.78, 5) is 55.6. The van der Waals surface area contributed by atoms with Crippen LogP contribution in [-0.2, 0) is 36.8 Å². The number of benzene rings is 2. The number of alkyl carbamates (subject to hydrolysis) is 1. The number of rotatable bonds is 11.